The lowest BCUT2D eigenvalue weighted by Gasteiger charge is -2.11. The molecule has 3 rings (SSSR count). The van der Waals surface area contributed by atoms with E-state index in [1.54, 1.807) is 0 Å². The number of halogens is 3. The van der Waals surface area contributed by atoms with Gasteiger partial charge in [-0.05, 0) is 47.3 Å². The molecule has 148 valence electrons. The van der Waals surface area contributed by atoms with Crippen molar-refractivity contribution in [3.63, 3.8) is 0 Å². The molecule has 0 saturated carbocycles. The molecule has 0 radical (unpaired) electrons. The molecule has 0 saturated heterocycles. The summed E-state index contributed by atoms with van der Waals surface area (Å²) in [6.07, 6.45) is -4.38. The van der Waals surface area contributed by atoms with Gasteiger partial charge in [0.1, 0.15) is 5.75 Å². The second-order valence-corrected chi connectivity index (χ2v) is 7.30. The molecule has 0 aliphatic carbocycles. The summed E-state index contributed by atoms with van der Waals surface area (Å²) >= 11 is 1.39. The number of carbonyl (C=O) groups is 1. The van der Waals surface area contributed by atoms with Crippen molar-refractivity contribution in [2.45, 2.75) is 19.1 Å². The number of alkyl halides is 3. The number of thiophene rings is 1. The first-order valence-electron chi connectivity index (χ1n) is 8.48. The van der Waals surface area contributed by atoms with Crippen molar-refractivity contribution in [2.75, 3.05) is 13.7 Å². The van der Waals surface area contributed by atoms with E-state index in [1.807, 2.05) is 24.3 Å². The first kappa shape index (κ1) is 20.2. The zero-order chi connectivity index (χ0) is 20.3. The summed E-state index contributed by atoms with van der Waals surface area (Å²) in [6.45, 7) is 0.880. The van der Waals surface area contributed by atoms with Gasteiger partial charge in [0.15, 0.2) is 0 Å². The molecule has 0 amide bonds. The van der Waals surface area contributed by atoms with Crippen LogP contribution in [0, 0.1) is 0 Å². The number of carboxylic acids is 1. The Morgan fingerprint density at radius 3 is 2.64 bits per heavy atom. The highest BCUT2D eigenvalue weighted by Crippen LogP contribution is 2.41. The van der Waals surface area contributed by atoms with Crippen LogP contribution < -0.4 is 10.1 Å². The maximum absolute atomic E-state index is 13.1. The van der Waals surface area contributed by atoms with Gasteiger partial charge < -0.3 is 15.2 Å². The maximum Gasteiger partial charge on any atom is 0.416 e. The number of hydrogen-bond donors (Lipinski definition) is 2. The Kier molecular flexibility index (Phi) is 5.90. The Labute approximate surface area is 163 Å². The van der Waals surface area contributed by atoms with Crippen LogP contribution in [-0.4, -0.2) is 24.7 Å². The Hall–Kier alpha value is -2.58. The van der Waals surface area contributed by atoms with Crippen LogP contribution in [0.3, 0.4) is 0 Å². The van der Waals surface area contributed by atoms with E-state index >= 15 is 0 Å². The number of methoxy groups -OCH3 is 1. The SMILES string of the molecule is COc1ccc(C(F)(F)F)cc1-c1cc2cc(CNCCC(=O)O)ccc2s1. The lowest BCUT2D eigenvalue weighted by atomic mass is 10.1. The van der Waals surface area contributed by atoms with Crippen LogP contribution in [-0.2, 0) is 17.5 Å². The topological polar surface area (TPSA) is 58.6 Å². The second-order valence-electron chi connectivity index (χ2n) is 6.22. The summed E-state index contributed by atoms with van der Waals surface area (Å²) < 4.78 is 45.5. The summed E-state index contributed by atoms with van der Waals surface area (Å²) in [4.78, 5) is 11.2. The van der Waals surface area contributed by atoms with Crippen molar-refractivity contribution >= 4 is 27.4 Å². The molecule has 0 unspecified atom stereocenters. The number of rotatable bonds is 7. The molecule has 3 aromatic rings. The number of carboxylic acid groups (broad SMARTS) is 1. The third-order valence-electron chi connectivity index (χ3n) is 4.22. The van der Waals surface area contributed by atoms with E-state index in [4.69, 9.17) is 9.84 Å². The van der Waals surface area contributed by atoms with Crippen LogP contribution >= 0.6 is 11.3 Å². The quantitative estimate of drug-likeness (QED) is 0.529. The zero-order valence-electron chi connectivity index (χ0n) is 15.0. The standard InChI is InChI=1S/C20H18F3NO3S/c1-27-16-4-3-14(20(21,22)23)10-15(16)18-9-13-8-12(2-5-17(13)28-18)11-24-7-6-19(25)26/h2-5,8-10,24H,6-7,11H2,1H3,(H,25,26). The fourth-order valence-electron chi connectivity index (χ4n) is 2.84. The number of hydrogen-bond acceptors (Lipinski definition) is 4. The van der Waals surface area contributed by atoms with E-state index in [9.17, 15) is 18.0 Å². The normalized spacial score (nSPS) is 11.7. The molecule has 2 aromatic carbocycles. The minimum absolute atomic E-state index is 0.0418. The van der Waals surface area contributed by atoms with E-state index in [0.29, 0.717) is 29.3 Å². The third-order valence-corrected chi connectivity index (χ3v) is 5.37. The third kappa shape index (κ3) is 4.63. The van der Waals surface area contributed by atoms with Crippen LogP contribution in [0.15, 0.2) is 42.5 Å². The molecule has 1 aromatic heterocycles. The zero-order valence-corrected chi connectivity index (χ0v) is 15.8. The summed E-state index contributed by atoms with van der Waals surface area (Å²) in [7, 11) is 1.43. The first-order valence-corrected chi connectivity index (χ1v) is 9.30. The molecular formula is C20H18F3NO3S. The molecule has 0 aliphatic heterocycles. The Bertz CT molecular complexity index is 998. The van der Waals surface area contributed by atoms with Crippen molar-refractivity contribution in [2.24, 2.45) is 0 Å². The summed E-state index contributed by atoms with van der Waals surface area (Å²) in [5.74, 6) is -0.476. The van der Waals surface area contributed by atoms with Crippen LogP contribution in [0.2, 0.25) is 0 Å². The van der Waals surface area contributed by atoms with Crippen LogP contribution in [0.5, 0.6) is 5.75 Å². The summed E-state index contributed by atoms with van der Waals surface area (Å²) in [5.41, 5.74) is 0.655. The van der Waals surface area contributed by atoms with E-state index in [1.165, 1.54) is 24.5 Å². The number of ether oxygens (including phenoxy) is 1. The molecule has 0 bridgehead atoms. The fourth-order valence-corrected chi connectivity index (χ4v) is 3.90. The maximum atomic E-state index is 13.1. The van der Waals surface area contributed by atoms with Crippen molar-refractivity contribution in [3.05, 3.63) is 53.6 Å². The highest BCUT2D eigenvalue weighted by Gasteiger charge is 2.31. The minimum atomic E-state index is -4.42. The first-order chi connectivity index (χ1) is 13.3. The fraction of sp³-hybridized carbons (Fsp3) is 0.250. The van der Waals surface area contributed by atoms with Crippen molar-refractivity contribution < 1.29 is 27.8 Å². The molecule has 0 fully saturated rings. The van der Waals surface area contributed by atoms with Gasteiger partial charge in [-0.2, -0.15) is 13.2 Å². The van der Waals surface area contributed by atoms with Gasteiger partial charge in [-0.1, -0.05) is 6.07 Å². The molecule has 0 spiro atoms. The van der Waals surface area contributed by atoms with Crippen molar-refractivity contribution in [3.8, 4) is 16.2 Å². The smallest absolute Gasteiger partial charge is 0.416 e. The van der Waals surface area contributed by atoms with Gasteiger partial charge in [-0.3, -0.25) is 4.79 Å². The molecule has 1 heterocycles. The Morgan fingerprint density at radius 2 is 1.96 bits per heavy atom. The summed E-state index contributed by atoms with van der Waals surface area (Å²) in [5, 5.41) is 12.6. The van der Waals surface area contributed by atoms with E-state index in [0.717, 1.165) is 27.8 Å². The number of nitrogens with one attached hydrogen (secondary N) is 1. The second kappa shape index (κ2) is 8.20. The molecule has 2 N–H and O–H groups in total. The van der Waals surface area contributed by atoms with Crippen LogP contribution in [0.4, 0.5) is 13.2 Å². The monoisotopic (exact) mass is 409 g/mol. The molecular weight excluding hydrogens is 391 g/mol. The van der Waals surface area contributed by atoms with Gasteiger partial charge >= 0.3 is 12.1 Å². The number of fused-ring (bicyclic) bond motifs is 1. The van der Waals surface area contributed by atoms with Crippen LogP contribution in [0.25, 0.3) is 20.5 Å². The van der Waals surface area contributed by atoms with Gasteiger partial charge in [-0.25, -0.2) is 0 Å². The van der Waals surface area contributed by atoms with Crippen LogP contribution in [0.1, 0.15) is 17.5 Å². The van der Waals surface area contributed by atoms with Gasteiger partial charge in [-0.15, -0.1) is 11.3 Å². The van der Waals surface area contributed by atoms with E-state index < -0.39 is 17.7 Å². The molecule has 4 nitrogen and oxygen atoms in total. The lowest BCUT2D eigenvalue weighted by Crippen LogP contribution is -2.17. The van der Waals surface area contributed by atoms with Crippen molar-refractivity contribution in [1.29, 1.82) is 0 Å². The highest BCUT2D eigenvalue weighted by molar-refractivity contribution is 7.22. The highest BCUT2D eigenvalue weighted by atomic mass is 32.1. The van der Waals surface area contributed by atoms with Gasteiger partial charge in [0.25, 0.3) is 0 Å². The number of benzene rings is 2. The number of aliphatic carboxylic acids is 1. The summed E-state index contributed by atoms with van der Waals surface area (Å²) in [6, 6.07) is 11.1. The van der Waals surface area contributed by atoms with Crippen molar-refractivity contribution in [1.82, 2.24) is 5.32 Å². The van der Waals surface area contributed by atoms with Gasteiger partial charge in [0.2, 0.25) is 0 Å². The Balaban J connectivity index is 1.89. The predicted molar refractivity (Wildman–Crippen MR) is 103 cm³/mol. The largest absolute Gasteiger partial charge is 0.496 e. The van der Waals surface area contributed by atoms with Gasteiger partial charge in [0.05, 0.1) is 19.1 Å². The Morgan fingerprint density at radius 1 is 1.18 bits per heavy atom. The molecule has 0 atom stereocenters. The van der Waals surface area contributed by atoms with E-state index in [2.05, 4.69) is 5.32 Å². The van der Waals surface area contributed by atoms with Gasteiger partial charge in [0, 0.05) is 28.2 Å². The lowest BCUT2D eigenvalue weighted by molar-refractivity contribution is -0.138. The average molecular weight is 409 g/mol. The minimum Gasteiger partial charge on any atom is -0.496 e. The molecule has 8 heteroatoms. The molecule has 28 heavy (non-hydrogen) atoms. The predicted octanol–water partition coefficient (Wildman–Crippen LogP) is 5.16. The molecule has 0 aliphatic rings. The van der Waals surface area contributed by atoms with E-state index in [-0.39, 0.29) is 6.42 Å². The average Bonchev–Trinajstić information content (AvgIpc) is 3.07.